The van der Waals surface area contributed by atoms with Crippen molar-refractivity contribution in [1.29, 1.82) is 0 Å². The molecule has 150 valence electrons. The van der Waals surface area contributed by atoms with Crippen LogP contribution in [0, 0.1) is 0 Å². The van der Waals surface area contributed by atoms with Gasteiger partial charge < -0.3 is 15.2 Å². The molecule has 0 bridgehead atoms. The molecule has 8 heteroatoms. The van der Waals surface area contributed by atoms with Gasteiger partial charge in [0.25, 0.3) is 0 Å². The average Bonchev–Trinajstić information content (AvgIpc) is 3.13. The Bertz CT molecular complexity index is 820. The highest BCUT2D eigenvalue weighted by Gasteiger charge is 2.32. The predicted molar refractivity (Wildman–Crippen MR) is 103 cm³/mol. The van der Waals surface area contributed by atoms with Gasteiger partial charge in [-0.1, -0.05) is 42.8 Å². The number of aromatic nitrogens is 2. The Balaban J connectivity index is 1.65. The summed E-state index contributed by atoms with van der Waals surface area (Å²) in [5, 5.41) is 9.49. The van der Waals surface area contributed by atoms with Gasteiger partial charge in [-0.3, -0.25) is 14.5 Å². The van der Waals surface area contributed by atoms with Crippen molar-refractivity contribution in [3.8, 4) is 0 Å². The van der Waals surface area contributed by atoms with E-state index < -0.39 is 0 Å². The van der Waals surface area contributed by atoms with E-state index in [1.54, 1.807) is 7.05 Å². The molecule has 8 nitrogen and oxygen atoms in total. The fourth-order valence-electron chi connectivity index (χ4n) is 3.38. The van der Waals surface area contributed by atoms with Crippen LogP contribution in [0.5, 0.6) is 0 Å². The number of carbonyl (C=O) groups excluding carboxylic acids is 2. The zero-order valence-corrected chi connectivity index (χ0v) is 16.4. The lowest BCUT2D eigenvalue weighted by molar-refractivity contribution is -0.127. The number of unbranched alkanes of at least 4 members (excludes halogenated alkanes) is 1. The van der Waals surface area contributed by atoms with Gasteiger partial charge in [0.15, 0.2) is 5.82 Å². The number of nitrogens with zero attached hydrogens (tertiary/aromatic N) is 3. The van der Waals surface area contributed by atoms with Gasteiger partial charge in [-0.15, -0.1) is 0 Å². The third kappa shape index (κ3) is 4.95. The maximum absolute atomic E-state index is 12.4. The molecule has 2 amide bonds. The molecule has 1 aromatic carbocycles. The average molecular weight is 385 g/mol. The van der Waals surface area contributed by atoms with Crippen LogP contribution in [0.3, 0.4) is 0 Å². The molecule has 1 atom stereocenters. The van der Waals surface area contributed by atoms with Crippen LogP contribution in [-0.2, 0) is 35.5 Å². The molecule has 0 fully saturated rings. The van der Waals surface area contributed by atoms with E-state index in [1.807, 2.05) is 17.0 Å². The van der Waals surface area contributed by atoms with Gasteiger partial charge >= 0.3 is 0 Å². The SMILES string of the molecule is CCCCNC(=O)Cc1noc(CN2Cc3ccccc3C[C@H]2C(=O)NC)n1. The van der Waals surface area contributed by atoms with E-state index in [4.69, 9.17) is 4.52 Å². The summed E-state index contributed by atoms with van der Waals surface area (Å²) in [6.45, 7) is 3.71. The number of hydrogen-bond donors (Lipinski definition) is 2. The van der Waals surface area contributed by atoms with Crippen molar-refractivity contribution in [3.63, 3.8) is 0 Å². The Labute approximate surface area is 164 Å². The van der Waals surface area contributed by atoms with Crippen molar-refractivity contribution >= 4 is 11.8 Å². The first-order valence-corrected chi connectivity index (χ1v) is 9.71. The topological polar surface area (TPSA) is 100 Å². The monoisotopic (exact) mass is 385 g/mol. The van der Waals surface area contributed by atoms with Crippen molar-refractivity contribution in [2.45, 2.75) is 51.7 Å². The zero-order valence-electron chi connectivity index (χ0n) is 16.4. The van der Waals surface area contributed by atoms with Crippen molar-refractivity contribution in [3.05, 3.63) is 47.1 Å². The Morgan fingerprint density at radius 3 is 2.82 bits per heavy atom. The molecule has 2 heterocycles. The second-order valence-electron chi connectivity index (χ2n) is 6.99. The molecule has 3 rings (SSSR count). The van der Waals surface area contributed by atoms with Crippen LogP contribution >= 0.6 is 0 Å². The summed E-state index contributed by atoms with van der Waals surface area (Å²) in [5.74, 6) is 0.614. The summed E-state index contributed by atoms with van der Waals surface area (Å²) in [4.78, 5) is 30.7. The lowest BCUT2D eigenvalue weighted by atomic mass is 9.93. The first-order chi connectivity index (χ1) is 13.6. The number of fused-ring (bicyclic) bond motifs is 1. The molecule has 2 aromatic rings. The highest BCUT2D eigenvalue weighted by atomic mass is 16.5. The van der Waals surface area contributed by atoms with Gasteiger partial charge in [0.2, 0.25) is 17.7 Å². The van der Waals surface area contributed by atoms with E-state index in [1.165, 1.54) is 11.1 Å². The van der Waals surface area contributed by atoms with Gasteiger partial charge in [-0.2, -0.15) is 4.98 Å². The van der Waals surface area contributed by atoms with Crippen molar-refractivity contribution in [1.82, 2.24) is 25.7 Å². The summed E-state index contributed by atoms with van der Waals surface area (Å²) in [7, 11) is 1.64. The van der Waals surface area contributed by atoms with Crippen LogP contribution in [0.4, 0.5) is 0 Å². The van der Waals surface area contributed by atoms with E-state index in [0.717, 1.165) is 12.8 Å². The molecule has 0 aliphatic carbocycles. The number of nitrogens with one attached hydrogen (secondary N) is 2. The number of benzene rings is 1. The van der Waals surface area contributed by atoms with Gasteiger partial charge in [-0.25, -0.2) is 0 Å². The largest absolute Gasteiger partial charge is 0.358 e. The van der Waals surface area contributed by atoms with Gasteiger partial charge in [0.05, 0.1) is 19.0 Å². The second-order valence-corrected chi connectivity index (χ2v) is 6.99. The summed E-state index contributed by atoms with van der Waals surface area (Å²) in [6, 6.07) is 7.82. The maximum atomic E-state index is 12.4. The van der Waals surface area contributed by atoms with Crippen LogP contribution in [0.25, 0.3) is 0 Å². The number of rotatable bonds is 8. The number of carbonyl (C=O) groups is 2. The van der Waals surface area contributed by atoms with Crippen LogP contribution < -0.4 is 10.6 Å². The Hall–Kier alpha value is -2.74. The smallest absolute Gasteiger partial charge is 0.240 e. The minimum Gasteiger partial charge on any atom is -0.358 e. The molecule has 28 heavy (non-hydrogen) atoms. The van der Waals surface area contributed by atoms with E-state index in [-0.39, 0.29) is 24.3 Å². The van der Waals surface area contributed by atoms with Crippen molar-refractivity contribution in [2.24, 2.45) is 0 Å². The Kier molecular flexibility index (Phi) is 6.76. The minimum atomic E-state index is -0.299. The lowest BCUT2D eigenvalue weighted by Crippen LogP contribution is -2.49. The molecule has 1 aromatic heterocycles. The fourth-order valence-corrected chi connectivity index (χ4v) is 3.38. The number of amides is 2. The summed E-state index contributed by atoms with van der Waals surface area (Å²) < 4.78 is 5.33. The summed E-state index contributed by atoms with van der Waals surface area (Å²) >= 11 is 0. The summed E-state index contributed by atoms with van der Waals surface area (Å²) in [6.07, 6.45) is 2.70. The molecule has 1 aliphatic heterocycles. The standard InChI is InChI=1S/C20H27N5O3/c1-3-4-9-22-18(26)11-17-23-19(28-24-17)13-25-12-15-8-6-5-7-14(15)10-16(25)20(27)21-2/h5-8,16H,3-4,9-13H2,1-2H3,(H,21,27)(H,22,26)/t16-/m0/s1. The summed E-state index contributed by atoms with van der Waals surface area (Å²) in [5.41, 5.74) is 2.38. The Morgan fingerprint density at radius 1 is 1.29 bits per heavy atom. The lowest BCUT2D eigenvalue weighted by Gasteiger charge is -2.34. The molecule has 0 saturated heterocycles. The van der Waals surface area contributed by atoms with Gasteiger partial charge in [-0.05, 0) is 24.0 Å². The number of likely N-dealkylation sites (N-methyl/N-ethyl adjacent to an activating group) is 1. The first-order valence-electron chi connectivity index (χ1n) is 9.71. The molecule has 0 spiro atoms. The van der Waals surface area contributed by atoms with E-state index >= 15 is 0 Å². The van der Waals surface area contributed by atoms with Crippen LogP contribution in [0.1, 0.15) is 42.6 Å². The molecule has 0 saturated carbocycles. The zero-order chi connectivity index (χ0) is 19.9. The molecule has 0 unspecified atom stereocenters. The van der Waals surface area contributed by atoms with E-state index in [0.29, 0.717) is 37.8 Å². The number of hydrogen-bond acceptors (Lipinski definition) is 6. The highest BCUT2D eigenvalue weighted by Crippen LogP contribution is 2.24. The van der Waals surface area contributed by atoms with Crippen LogP contribution in [0.15, 0.2) is 28.8 Å². The normalized spacial score (nSPS) is 16.4. The van der Waals surface area contributed by atoms with Crippen molar-refractivity contribution in [2.75, 3.05) is 13.6 Å². The van der Waals surface area contributed by atoms with E-state index in [2.05, 4.69) is 39.8 Å². The maximum Gasteiger partial charge on any atom is 0.240 e. The third-order valence-electron chi connectivity index (χ3n) is 4.91. The Morgan fingerprint density at radius 2 is 2.07 bits per heavy atom. The van der Waals surface area contributed by atoms with E-state index in [9.17, 15) is 9.59 Å². The molecule has 2 N–H and O–H groups in total. The fraction of sp³-hybridized carbons (Fsp3) is 0.500. The highest BCUT2D eigenvalue weighted by molar-refractivity contribution is 5.82. The van der Waals surface area contributed by atoms with Gasteiger partial charge in [0.1, 0.15) is 0 Å². The predicted octanol–water partition coefficient (Wildman–Crippen LogP) is 1.20. The quantitative estimate of drug-likeness (QED) is 0.663. The van der Waals surface area contributed by atoms with Crippen molar-refractivity contribution < 1.29 is 14.1 Å². The van der Waals surface area contributed by atoms with Crippen LogP contribution in [0.2, 0.25) is 0 Å². The minimum absolute atomic E-state index is 0.0375. The molecule has 1 aliphatic rings. The van der Waals surface area contributed by atoms with Gasteiger partial charge in [0, 0.05) is 20.1 Å². The first kappa shape index (κ1) is 20.0. The molecule has 0 radical (unpaired) electrons. The molecular formula is C20H27N5O3. The third-order valence-corrected chi connectivity index (χ3v) is 4.91. The second kappa shape index (κ2) is 9.45. The molecular weight excluding hydrogens is 358 g/mol. The van der Waals surface area contributed by atoms with Crippen LogP contribution in [-0.4, -0.2) is 46.5 Å².